The highest BCUT2D eigenvalue weighted by Crippen LogP contribution is 2.20. The molecule has 2 aromatic carbocycles. The first kappa shape index (κ1) is 13.8. The van der Waals surface area contributed by atoms with E-state index in [1.807, 2.05) is 22.8 Å². The SMILES string of the molecule is Nc1nc2cc(C=O)ccc2n1CCc1ccc(Br)cc1. The van der Waals surface area contributed by atoms with E-state index in [0.717, 1.165) is 34.8 Å². The van der Waals surface area contributed by atoms with Crippen molar-refractivity contribution in [3.05, 3.63) is 58.1 Å². The van der Waals surface area contributed by atoms with Gasteiger partial charge >= 0.3 is 0 Å². The maximum absolute atomic E-state index is 10.8. The van der Waals surface area contributed by atoms with Gasteiger partial charge in [0.1, 0.15) is 6.29 Å². The molecule has 3 rings (SSSR count). The van der Waals surface area contributed by atoms with E-state index < -0.39 is 0 Å². The summed E-state index contributed by atoms with van der Waals surface area (Å²) in [5.74, 6) is 0.477. The van der Waals surface area contributed by atoms with Crippen molar-refractivity contribution in [3.63, 3.8) is 0 Å². The fraction of sp³-hybridized carbons (Fsp3) is 0.125. The van der Waals surface area contributed by atoms with E-state index in [9.17, 15) is 4.79 Å². The summed E-state index contributed by atoms with van der Waals surface area (Å²) in [6.45, 7) is 0.754. The summed E-state index contributed by atoms with van der Waals surface area (Å²) in [5.41, 5.74) is 9.55. The molecule has 0 amide bonds. The molecule has 106 valence electrons. The van der Waals surface area contributed by atoms with Crippen LogP contribution in [0.15, 0.2) is 46.9 Å². The predicted octanol–water partition coefficient (Wildman–Crippen LogP) is 3.44. The van der Waals surface area contributed by atoms with Crippen LogP contribution in [0.5, 0.6) is 0 Å². The number of imidazole rings is 1. The molecule has 0 bridgehead atoms. The first-order valence-electron chi connectivity index (χ1n) is 6.63. The Kier molecular flexibility index (Phi) is 3.75. The maximum atomic E-state index is 10.8. The molecule has 0 saturated carbocycles. The summed E-state index contributed by atoms with van der Waals surface area (Å²) in [6.07, 6.45) is 1.69. The summed E-state index contributed by atoms with van der Waals surface area (Å²) in [6, 6.07) is 13.7. The van der Waals surface area contributed by atoms with Gasteiger partial charge in [0.05, 0.1) is 11.0 Å². The number of fused-ring (bicyclic) bond motifs is 1. The van der Waals surface area contributed by atoms with Crippen LogP contribution in [0.4, 0.5) is 5.95 Å². The first-order valence-corrected chi connectivity index (χ1v) is 7.42. The third-order valence-corrected chi connectivity index (χ3v) is 4.00. The zero-order valence-electron chi connectivity index (χ0n) is 11.3. The van der Waals surface area contributed by atoms with Gasteiger partial charge in [0, 0.05) is 16.6 Å². The number of carbonyl (C=O) groups is 1. The third kappa shape index (κ3) is 2.83. The lowest BCUT2D eigenvalue weighted by molar-refractivity contribution is 0.112. The van der Waals surface area contributed by atoms with Crippen molar-refractivity contribution in [2.45, 2.75) is 13.0 Å². The third-order valence-electron chi connectivity index (χ3n) is 3.48. The van der Waals surface area contributed by atoms with E-state index in [2.05, 4.69) is 33.0 Å². The van der Waals surface area contributed by atoms with E-state index >= 15 is 0 Å². The van der Waals surface area contributed by atoms with E-state index in [4.69, 9.17) is 5.73 Å². The molecule has 0 saturated heterocycles. The Morgan fingerprint density at radius 1 is 1.19 bits per heavy atom. The Morgan fingerprint density at radius 2 is 1.95 bits per heavy atom. The van der Waals surface area contributed by atoms with Crippen molar-refractivity contribution in [1.29, 1.82) is 0 Å². The molecule has 0 atom stereocenters. The zero-order chi connectivity index (χ0) is 14.8. The number of aldehydes is 1. The number of benzene rings is 2. The molecule has 4 nitrogen and oxygen atoms in total. The summed E-state index contributed by atoms with van der Waals surface area (Å²) in [5, 5.41) is 0. The van der Waals surface area contributed by atoms with Crippen LogP contribution in [-0.4, -0.2) is 15.8 Å². The second kappa shape index (κ2) is 5.69. The van der Waals surface area contributed by atoms with Gasteiger partial charge < -0.3 is 10.3 Å². The van der Waals surface area contributed by atoms with Gasteiger partial charge in [-0.2, -0.15) is 0 Å². The Bertz CT molecular complexity index is 793. The van der Waals surface area contributed by atoms with E-state index in [1.165, 1.54) is 5.56 Å². The van der Waals surface area contributed by atoms with Gasteiger partial charge in [-0.3, -0.25) is 4.79 Å². The molecule has 0 aliphatic rings. The van der Waals surface area contributed by atoms with Crippen molar-refractivity contribution >= 4 is 39.2 Å². The van der Waals surface area contributed by atoms with Gasteiger partial charge in [-0.15, -0.1) is 0 Å². The monoisotopic (exact) mass is 343 g/mol. The molecule has 0 aliphatic carbocycles. The lowest BCUT2D eigenvalue weighted by atomic mass is 10.1. The molecular formula is C16H14BrN3O. The van der Waals surface area contributed by atoms with Gasteiger partial charge in [-0.25, -0.2) is 4.98 Å². The topological polar surface area (TPSA) is 60.9 Å². The second-order valence-electron chi connectivity index (χ2n) is 4.86. The minimum atomic E-state index is 0.477. The van der Waals surface area contributed by atoms with Crippen LogP contribution in [0.1, 0.15) is 15.9 Å². The molecule has 0 fully saturated rings. The highest BCUT2D eigenvalue weighted by molar-refractivity contribution is 9.10. The number of aromatic nitrogens is 2. The van der Waals surface area contributed by atoms with Gasteiger partial charge in [-0.05, 0) is 42.3 Å². The molecule has 0 radical (unpaired) electrons. The van der Waals surface area contributed by atoms with Gasteiger partial charge in [0.2, 0.25) is 5.95 Å². The number of anilines is 1. The highest BCUT2D eigenvalue weighted by Gasteiger charge is 2.08. The molecule has 2 N–H and O–H groups in total. The lowest BCUT2D eigenvalue weighted by Crippen LogP contribution is -2.05. The summed E-state index contributed by atoms with van der Waals surface area (Å²) in [4.78, 5) is 15.1. The van der Waals surface area contributed by atoms with Crippen LogP contribution in [0.25, 0.3) is 11.0 Å². The Balaban J connectivity index is 1.88. The average molecular weight is 344 g/mol. The fourth-order valence-electron chi connectivity index (χ4n) is 2.37. The quantitative estimate of drug-likeness (QED) is 0.738. The molecule has 21 heavy (non-hydrogen) atoms. The van der Waals surface area contributed by atoms with E-state index in [0.29, 0.717) is 11.5 Å². The normalized spacial score (nSPS) is 10.9. The van der Waals surface area contributed by atoms with Crippen LogP contribution in [0.2, 0.25) is 0 Å². The molecule has 0 unspecified atom stereocenters. The molecular weight excluding hydrogens is 330 g/mol. The number of nitrogens with two attached hydrogens (primary N) is 1. The molecule has 1 aromatic heterocycles. The van der Waals surface area contributed by atoms with Crippen LogP contribution in [0, 0.1) is 0 Å². The van der Waals surface area contributed by atoms with Crippen molar-refractivity contribution in [2.24, 2.45) is 0 Å². The zero-order valence-corrected chi connectivity index (χ0v) is 12.9. The smallest absolute Gasteiger partial charge is 0.201 e. The van der Waals surface area contributed by atoms with Crippen molar-refractivity contribution in [1.82, 2.24) is 9.55 Å². The fourth-order valence-corrected chi connectivity index (χ4v) is 2.63. The Labute approximate surface area is 130 Å². The number of rotatable bonds is 4. The van der Waals surface area contributed by atoms with Crippen LogP contribution in [0.3, 0.4) is 0 Å². The second-order valence-corrected chi connectivity index (χ2v) is 5.78. The van der Waals surface area contributed by atoms with Crippen molar-refractivity contribution in [2.75, 3.05) is 5.73 Å². The number of aryl methyl sites for hydroxylation is 2. The number of hydrogen-bond donors (Lipinski definition) is 1. The van der Waals surface area contributed by atoms with Crippen molar-refractivity contribution < 1.29 is 4.79 Å². The molecule has 0 spiro atoms. The largest absolute Gasteiger partial charge is 0.369 e. The minimum absolute atomic E-state index is 0.477. The lowest BCUT2D eigenvalue weighted by Gasteiger charge is -2.07. The standard InChI is InChI=1S/C16H14BrN3O/c17-13-4-1-11(2-5-13)7-8-20-15-6-3-12(10-21)9-14(15)19-16(20)18/h1-6,9-10H,7-8H2,(H2,18,19). The van der Waals surface area contributed by atoms with E-state index in [1.54, 1.807) is 12.1 Å². The summed E-state index contributed by atoms with van der Waals surface area (Å²) >= 11 is 3.43. The molecule has 3 aromatic rings. The molecule has 5 heteroatoms. The summed E-state index contributed by atoms with van der Waals surface area (Å²) < 4.78 is 3.05. The molecule has 1 heterocycles. The highest BCUT2D eigenvalue weighted by atomic mass is 79.9. The number of nitrogens with zero attached hydrogens (tertiary/aromatic N) is 2. The van der Waals surface area contributed by atoms with Crippen LogP contribution < -0.4 is 5.73 Å². The average Bonchev–Trinajstić information content (AvgIpc) is 2.81. The number of carbonyl (C=O) groups excluding carboxylic acids is 1. The van der Waals surface area contributed by atoms with Crippen LogP contribution >= 0.6 is 15.9 Å². The van der Waals surface area contributed by atoms with E-state index in [-0.39, 0.29) is 0 Å². The summed E-state index contributed by atoms with van der Waals surface area (Å²) in [7, 11) is 0. The molecule has 0 aliphatic heterocycles. The van der Waals surface area contributed by atoms with Gasteiger partial charge in [-0.1, -0.05) is 28.1 Å². The van der Waals surface area contributed by atoms with Gasteiger partial charge in [0.15, 0.2) is 0 Å². The maximum Gasteiger partial charge on any atom is 0.201 e. The number of nitrogen functional groups attached to an aromatic ring is 1. The predicted molar refractivity (Wildman–Crippen MR) is 87.4 cm³/mol. The Morgan fingerprint density at radius 3 is 2.67 bits per heavy atom. The Hall–Kier alpha value is -2.14. The number of hydrogen-bond acceptors (Lipinski definition) is 3. The van der Waals surface area contributed by atoms with Crippen molar-refractivity contribution in [3.8, 4) is 0 Å². The minimum Gasteiger partial charge on any atom is -0.369 e. The van der Waals surface area contributed by atoms with Crippen LogP contribution in [-0.2, 0) is 13.0 Å². The number of halogens is 1. The first-order chi connectivity index (χ1) is 10.2. The van der Waals surface area contributed by atoms with Gasteiger partial charge in [0.25, 0.3) is 0 Å².